The van der Waals surface area contributed by atoms with E-state index in [0.717, 1.165) is 25.9 Å². The fraction of sp³-hybridized carbons (Fsp3) is 0.194. The van der Waals surface area contributed by atoms with Crippen LogP contribution in [0.3, 0.4) is 0 Å². The number of thiazole rings is 1. The predicted octanol–water partition coefficient (Wildman–Crippen LogP) is 6.34. The van der Waals surface area contributed by atoms with Gasteiger partial charge >= 0.3 is 12.1 Å². The standard InChI is InChI=1S/C31H23BrClF3N2O5S/c1-3-42-29(40)24-25(18-9-13-21(33)14-10-18)38-28(39)23(44-30(38)37-27(24)31(34,35)36)15-19-5-4-6-22(41-2)26(19)43-16-17-7-11-20(32)12-8-17/h4-15,25H,3,16H2,1-2H3/b23-15-/t25-/m1/s1. The topological polar surface area (TPSA) is 79.1 Å². The molecule has 1 aliphatic heterocycles. The predicted molar refractivity (Wildman–Crippen MR) is 164 cm³/mol. The number of carbonyl (C=O) groups is 1. The highest BCUT2D eigenvalue weighted by molar-refractivity contribution is 9.10. The van der Waals surface area contributed by atoms with Crippen LogP contribution in [0.25, 0.3) is 6.08 Å². The molecule has 2 heterocycles. The van der Waals surface area contributed by atoms with Crippen molar-refractivity contribution < 1.29 is 32.2 Å². The lowest BCUT2D eigenvalue weighted by Gasteiger charge is -2.26. The summed E-state index contributed by atoms with van der Waals surface area (Å²) in [6.45, 7) is 1.48. The number of halogens is 5. The second-order valence-electron chi connectivity index (χ2n) is 9.41. The highest BCUT2D eigenvalue weighted by Crippen LogP contribution is 2.39. The number of methoxy groups -OCH3 is 1. The maximum Gasteiger partial charge on any atom is 0.434 e. The molecule has 228 valence electrons. The molecule has 0 aliphatic carbocycles. The maximum atomic E-state index is 14.4. The Hall–Kier alpha value is -3.87. The van der Waals surface area contributed by atoms with Gasteiger partial charge in [0, 0.05) is 15.1 Å². The summed E-state index contributed by atoms with van der Waals surface area (Å²) in [6, 6.07) is 17.0. The van der Waals surface area contributed by atoms with Gasteiger partial charge in [-0.25, -0.2) is 9.79 Å². The zero-order chi connectivity index (χ0) is 31.6. The molecule has 0 radical (unpaired) electrons. The van der Waals surface area contributed by atoms with Crippen molar-refractivity contribution in [1.29, 1.82) is 0 Å². The Morgan fingerprint density at radius 1 is 1.11 bits per heavy atom. The number of benzene rings is 3. The number of alkyl halides is 3. The van der Waals surface area contributed by atoms with E-state index in [2.05, 4.69) is 20.9 Å². The van der Waals surface area contributed by atoms with Crippen molar-refractivity contribution in [3.05, 3.63) is 124 Å². The molecule has 1 aromatic heterocycles. The van der Waals surface area contributed by atoms with E-state index in [0.29, 0.717) is 22.1 Å². The fourth-order valence-corrected chi connectivity index (χ4v) is 6.02. The van der Waals surface area contributed by atoms with E-state index >= 15 is 0 Å². The first kappa shape index (κ1) is 31.6. The molecule has 4 aromatic rings. The van der Waals surface area contributed by atoms with Crippen LogP contribution in [0, 0.1) is 0 Å². The third kappa shape index (κ3) is 6.47. The molecule has 7 nitrogen and oxygen atoms in total. The minimum Gasteiger partial charge on any atom is -0.493 e. The first-order valence-corrected chi connectivity index (χ1v) is 15.1. The number of ether oxygens (including phenoxy) is 3. The van der Waals surface area contributed by atoms with Crippen LogP contribution in [0.1, 0.15) is 29.7 Å². The molecule has 13 heteroatoms. The quantitative estimate of drug-likeness (QED) is 0.200. The molecule has 1 atom stereocenters. The van der Waals surface area contributed by atoms with Crippen LogP contribution < -0.4 is 24.4 Å². The summed E-state index contributed by atoms with van der Waals surface area (Å²) >= 11 is 10.2. The Kier molecular flexibility index (Phi) is 9.33. The number of allylic oxidation sites excluding steroid dienone is 1. The Bertz CT molecular complexity index is 1920. The smallest absolute Gasteiger partial charge is 0.434 e. The number of esters is 1. The average Bonchev–Trinajstić information content (AvgIpc) is 3.30. The summed E-state index contributed by atoms with van der Waals surface area (Å²) in [5.74, 6) is -0.498. The van der Waals surface area contributed by atoms with Crippen LogP contribution in [0.5, 0.6) is 11.5 Å². The lowest BCUT2D eigenvalue weighted by molar-refractivity contribution is -0.140. The molecule has 0 saturated heterocycles. The van der Waals surface area contributed by atoms with Crippen LogP contribution in [0.2, 0.25) is 5.02 Å². The van der Waals surface area contributed by atoms with Crippen LogP contribution in [-0.4, -0.2) is 30.4 Å². The van der Waals surface area contributed by atoms with E-state index in [1.165, 1.54) is 44.4 Å². The van der Waals surface area contributed by atoms with E-state index in [9.17, 15) is 22.8 Å². The lowest BCUT2D eigenvalue weighted by Crippen LogP contribution is -2.41. The SMILES string of the molecule is CCOC(=O)C1=C(C(F)(F)F)N=c2s/c(=C\c3cccc(OC)c3OCc3ccc(Br)cc3)c(=O)n2[C@@H]1c1ccc(Cl)cc1. The monoisotopic (exact) mass is 706 g/mol. The van der Waals surface area contributed by atoms with E-state index in [4.69, 9.17) is 25.8 Å². The number of hydrogen-bond donors (Lipinski definition) is 0. The second-order valence-corrected chi connectivity index (χ2v) is 11.8. The van der Waals surface area contributed by atoms with E-state index in [1.807, 2.05) is 24.3 Å². The van der Waals surface area contributed by atoms with Gasteiger partial charge in [-0.1, -0.05) is 75.3 Å². The number of para-hydroxylation sites is 1. The zero-order valence-corrected chi connectivity index (χ0v) is 26.3. The highest BCUT2D eigenvalue weighted by atomic mass is 79.9. The summed E-state index contributed by atoms with van der Waals surface area (Å²) in [7, 11) is 1.47. The molecular weight excluding hydrogens is 685 g/mol. The fourth-order valence-electron chi connectivity index (χ4n) is 4.64. The number of aromatic nitrogens is 1. The van der Waals surface area contributed by atoms with Crippen LogP contribution >= 0.6 is 38.9 Å². The van der Waals surface area contributed by atoms with Gasteiger partial charge < -0.3 is 14.2 Å². The van der Waals surface area contributed by atoms with Gasteiger partial charge in [-0.05, 0) is 54.5 Å². The largest absolute Gasteiger partial charge is 0.493 e. The average molecular weight is 708 g/mol. The van der Waals surface area contributed by atoms with Crippen molar-refractivity contribution in [2.45, 2.75) is 25.7 Å². The van der Waals surface area contributed by atoms with Gasteiger partial charge in [0.25, 0.3) is 5.56 Å². The third-order valence-electron chi connectivity index (χ3n) is 6.59. The number of nitrogens with zero attached hydrogens (tertiary/aromatic N) is 2. The molecule has 0 spiro atoms. The van der Waals surface area contributed by atoms with Crippen molar-refractivity contribution >= 4 is 50.9 Å². The molecular formula is C31H23BrClF3N2O5S. The number of carbonyl (C=O) groups excluding carboxylic acids is 1. The summed E-state index contributed by atoms with van der Waals surface area (Å²) in [6.07, 6.45) is -3.51. The third-order valence-corrected chi connectivity index (χ3v) is 8.36. The van der Waals surface area contributed by atoms with Crippen LogP contribution in [0.15, 0.2) is 92.3 Å². The summed E-state index contributed by atoms with van der Waals surface area (Å²) in [5.41, 5.74) is -1.32. The zero-order valence-electron chi connectivity index (χ0n) is 23.2. The van der Waals surface area contributed by atoms with E-state index < -0.39 is 35.0 Å². The highest BCUT2D eigenvalue weighted by Gasteiger charge is 2.45. The molecule has 3 aromatic carbocycles. The van der Waals surface area contributed by atoms with Gasteiger partial charge in [0.15, 0.2) is 22.0 Å². The van der Waals surface area contributed by atoms with Gasteiger partial charge in [-0.15, -0.1) is 0 Å². The van der Waals surface area contributed by atoms with Gasteiger partial charge in [0.05, 0.1) is 29.9 Å². The maximum absolute atomic E-state index is 14.4. The van der Waals surface area contributed by atoms with Crippen molar-refractivity contribution in [3.63, 3.8) is 0 Å². The first-order chi connectivity index (χ1) is 21.0. The second kappa shape index (κ2) is 13.0. The van der Waals surface area contributed by atoms with Crippen LogP contribution in [0.4, 0.5) is 13.2 Å². The van der Waals surface area contributed by atoms with Gasteiger partial charge in [-0.3, -0.25) is 9.36 Å². The number of rotatable bonds is 8. The van der Waals surface area contributed by atoms with E-state index in [-0.39, 0.29) is 28.1 Å². The van der Waals surface area contributed by atoms with Crippen molar-refractivity contribution in [1.82, 2.24) is 4.57 Å². The van der Waals surface area contributed by atoms with Gasteiger partial charge in [0.1, 0.15) is 6.61 Å². The molecule has 0 amide bonds. The number of hydrogen-bond acceptors (Lipinski definition) is 7. The minimum atomic E-state index is -5.01. The normalized spacial score (nSPS) is 15.1. The molecule has 0 bridgehead atoms. The molecule has 0 saturated carbocycles. The lowest BCUT2D eigenvalue weighted by atomic mass is 9.95. The summed E-state index contributed by atoms with van der Waals surface area (Å²) in [4.78, 5) is 30.5. The molecule has 1 aliphatic rings. The molecule has 0 unspecified atom stereocenters. The van der Waals surface area contributed by atoms with Gasteiger partial charge in [0.2, 0.25) is 0 Å². The van der Waals surface area contributed by atoms with Gasteiger partial charge in [-0.2, -0.15) is 13.2 Å². The van der Waals surface area contributed by atoms with Crippen LogP contribution in [-0.2, 0) is 16.1 Å². The Labute approximate surface area is 266 Å². The molecule has 0 fully saturated rings. The summed E-state index contributed by atoms with van der Waals surface area (Å²) in [5, 5.41) is 0.326. The van der Waals surface area contributed by atoms with E-state index in [1.54, 1.807) is 18.2 Å². The first-order valence-electron chi connectivity index (χ1n) is 13.1. The Morgan fingerprint density at radius 3 is 2.45 bits per heavy atom. The molecule has 5 rings (SSSR count). The Balaban J connectivity index is 1.70. The molecule has 44 heavy (non-hydrogen) atoms. The molecule has 0 N–H and O–H groups in total. The van der Waals surface area contributed by atoms with Crippen molar-refractivity contribution in [2.75, 3.05) is 13.7 Å². The summed E-state index contributed by atoms with van der Waals surface area (Å²) < 4.78 is 61.8. The van der Waals surface area contributed by atoms with Crippen molar-refractivity contribution in [3.8, 4) is 11.5 Å². The number of fused-ring (bicyclic) bond motifs is 1. The Morgan fingerprint density at radius 2 is 1.82 bits per heavy atom. The van der Waals surface area contributed by atoms with Crippen molar-refractivity contribution in [2.24, 2.45) is 4.99 Å². The minimum absolute atomic E-state index is 0.0658.